The van der Waals surface area contributed by atoms with Crippen molar-refractivity contribution in [2.45, 2.75) is 13.8 Å². The zero-order chi connectivity index (χ0) is 11.0. The van der Waals surface area contributed by atoms with Gasteiger partial charge in [-0.05, 0) is 20.1 Å². The van der Waals surface area contributed by atoms with Crippen LogP contribution in [0.25, 0.3) is 0 Å². The maximum atomic E-state index is 11.2. The topological polar surface area (TPSA) is 52.6 Å². The van der Waals surface area contributed by atoms with Crippen molar-refractivity contribution in [2.24, 2.45) is 0 Å². The summed E-state index contributed by atoms with van der Waals surface area (Å²) in [5.41, 5.74) is 0. The highest BCUT2D eigenvalue weighted by Crippen LogP contribution is 2.13. The highest BCUT2D eigenvalue weighted by Gasteiger charge is 2.11. The van der Waals surface area contributed by atoms with E-state index in [-0.39, 0.29) is 4.91 Å². The van der Waals surface area contributed by atoms with Gasteiger partial charge in [-0.15, -0.1) is 11.8 Å². The zero-order valence-corrected chi connectivity index (χ0v) is 9.35. The largest absolute Gasteiger partial charge is 0.463 e. The lowest BCUT2D eigenvalue weighted by atomic mass is 10.5. The maximum absolute atomic E-state index is 11.2. The molecule has 0 aliphatic carbocycles. The molecule has 0 saturated heterocycles. The molecular weight excluding hydrogens is 204 g/mol. The predicted octanol–water partition coefficient (Wildman–Crippen LogP) is 1.36. The molecule has 0 rings (SSSR count). The fourth-order valence-electron chi connectivity index (χ4n) is 0.694. The van der Waals surface area contributed by atoms with E-state index >= 15 is 0 Å². The second kappa shape index (κ2) is 7.44. The molecule has 0 heterocycles. The second-order valence-electron chi connectivity index (χ2n) is 2.19. The summed E-state index contributed by atoms with van der Waals surface area (Å²) >= 11 is 1.16. The number of ether oxygens (including phenoxy) is 2. The van der Waals surface area contributed by atoms with Crippen LogP contribution in [0.4, 0.5) is 0 Å². The van der Waals surface area contributed by atoms with Gasteiger partial charge in [-0.25, -0.2) is 9.59 Å². The zero-order valence-electron chi connectivity index (χ0n) is 8.53. The Morgan fingerprint density at radius 1 is 1.21 bits per heavy atom. The van der Waals surface area contributed by atoms with E-state index in [1.54, 1.807) is 20.1 Å². The summed E-state index contributed by atoms with van der Waals surface area (Å²) in [6, 6.07) is 0. The lowest BCUT2D eigenvalue weighted by molar-refractivity contribution is -0.140. The summed E-state index contributed by atoms with van der Waals surface area (Å²) in [6.45, 7) is 3.99. The van der Waals surface area contributed by atoms with E-state index in [1.165, 1.54) is 0 Å². The fraction of sp³-hybridized carbons (Fsp3) is 0.556. The Morgan fingerprint density at radius 3 is 2.21 bits per heavy atom. The SMILES string of the molecule is CCOC(=O)/C=C(/SC)C(=O)OCC. The van der Waals surface area contributed by atoms with Crippen LogP contribution in [0.15, 0.2) is 11.0 Å². The molecule has 0 aliphatic rings. The molecule has 0 aromatic heterocycles. The van der Waals surface area contributed by atoms with Crippen molar-refractivity contribution in [3.63, 3.8) is 0 Å². The molecule has 0 saturated carbocycles. The summed E-state index contributed by atoms with van der Waals surface area (Å²) in [5, 5.41) is 0. The third-order valence-corrected chi connectivity index (χ3v) is 1.96. The molecule has 4 nitrogen and oxygen atoms in total. The fourth-order valence-corrected chi connectivity index (χ4v) is 1.13. The first kappa shape index (κ1) is 13.0. The minimum Gasteiger partial charge on any atom is -0.463 e. The summed E-state index contributed by atoms with van der Waals surface area (Å²) in [7, 11) is 0. The molecular formula is C9H14O4S. The van der Waals surface area contributed by atoms with E-state index in [1.807, 2.05) is 0 Å². The summed E-state index contributed by atoms with van der Waals surface area (Å²) in [6.07, 6.45) is 2.84. The van der Waals surface area contributed by atoms with Gasteiger partial charge in [0.2, 0.25) is 0 Å². The van der Waals surface area contributed by atoms with E-state index in [4.69, 9.17) is 4.74 Å². The van der Waals surface area contributed by atoms with Crippen LogP contribution in [0, 0.1) is 0 Å². The molecule has 0 bridgehead atoms. The van der Waals surface area contributed by atoms with E-state index < -0.39 is 11.9 Å². The van der Waals surface area contributed by atoms with Crippen molar-refractivity contribution in [1.29, 1.82) is 0 Å². The van der Waals surface area contributed by atoms with Crippen molar-refractivity contribution < 1.29 is 19.1 Å². The number of carbonyl (C=O) groups is 2. The molecule has 0 aliphatic heterocycles. The molecule has 0 aromatic rings. The van der Waals surface area contributed by atoms with Crippen LogP contribution in [0.1, 0.15) is 13.8 Å². The van der Waals surface area contributed by atoms with Crippen LogP contribution in [-0.2, 0) is 19.1 Å². The highest BCUT2D eigenvalue weighted by atomic mass is 32.2. The minimum absolute atomic E-state index is 0.255. The van der Waals surface area contributed by atoms with E-state index in [2.05, 4.69) is 4.74 Å². The molecule has 0 unspecified atom stereocenters. The van der Waals surface area contributed by atoms with E-state index in [0.717, 1.165) is 17.8 Å². The number of esters is 2. The van der Waals surface area contributed by atoms with Gasteiger partial charge >= 0.3 is 11.9 Å². The van der Waals surface area contributed by atoms with Gasteiger partial charge in [0.05, 0.1) is 18.1 Å². The molecule has 0 amide bonds. The van der Waals surface area contributed by atoms with Crippen LogP contribution in [0.5, 0.6) is 0 Å². The molecule has 14 heavy (non-hydrogen) atoms. The third-order valence-electron chi connectivity index (χ3n) is 1.23. The van der Waals surface area contributed by atoms with Crippen LogP contribution in [0.2, 0.25) is 0 Å². The van der Waals surface area contributed by atoms with Gasteiger partial charge < -0.3 is 9.47 Å². The lowest BCUT2D eigenvalue weighted by Crippen LogP contribution is -2.08. The summed E-state index contributed by atoms with van der Waals surface area (Å²) < 4.78 is 9.40. The molecule has 0 radical (unpaired) electrons. The Labute approximate surface area is 87.6 Å². The predicted molar refractivity (Wildman–Crippen MR) is 54.9 cm³/mol. The summed E-state index contributed by atoms with van der Waals surface area (Å²) in [5.74, 6) is -1.02. The Morgan fingerprint density at radius 2 is 1.79 bits per heavy atom. The van der Waals surface area contributed by atoms with Gasteiger partial charge in [-0.1, -0.05) is 0 Å². The first-order valence-electron chi connectivity index (χ1n) is 4.25. The van der Waals surface area contributed by atoms with Gasteiger partial charge in [0.1, 0.15) is 0 Å². The smallest absolute Gasteiger partial charge is 0.344 e. The van der Waals surface area contributed by atoms with Crippen molar-refractivity contribution in [3.05, 3.63) is 11.0 Å². The van der Waals surface area contributed by atoms with Crippen LogP contribution in [0.3, 0.4) is 0 Å². The van der Waals surface area contributed by atoms with Crippen molar-refractivity contribution in [3.8, 4) is 0 Å². The number of thioether (sulfide) groups is 1. The van der Waals surface area contributed by atoms with Gasteiger partial charge in [-0.3, -0.25) is 0 Å². The molecule has 0 atom stereocenters. The third kappa shape index (κ3) is 4.91. The van der Waals surface area contributed by atoms with Gasteiger partial charge in [0.25, 0.3) is 0 Å². The number of hydrogen-bond donors (Lipinski definition) is 0. The Bertz CT molecular complexity index is 235. The molecule has 0 aromatic carbocycles. The number of rotatable bonds is 5. The molecule has 5 heteroatoms. The average molecular weight is 218 g/mol. The maximum Gasteiger partial charge on any atom is 0.344 e. The van der Waals surface area contributed by atoms with Crippen molar-refractivity contribution >= 4 is 23.7 Å². The molecule has 0 N–H and O–H groups in total. The van der Waals surface area contributed by atoms with Crippen molar-refractivity contribution in [1.82, 2.24) is 0 Å². The van der Waals surface area contributed by atoms with E-state index in [9.17, 15) is 9.59 Å². The molecule has 0 spiro atoms. The van der Waals surface area contributed by atoms with Crippen LogP contribution in [-0.4, -0.2) is 31.4 Å². The average Bonchev–Trinajstić information content (AvgIpc) is 2.15. The van der Waals surface area contributed by atoms with Gasteiger partial charge in [0.15, 0.2) is 0 Å². The Balaban J connectivity index is 4.38. The number of carbonyl (C=O) groups excluding carboxylic acids is 2. The Kier molecular flexibility index (Phi) is 6.92. The minimum atomic E-state index is -0.523. The van der Waals surface area contributed by atoms with Crippen molar-refractivity contribution in [2.75, 3.05) is 19.5 Å². The highest BCUT2D eigenvalue weighted by molar-refractivity contribution is 8.03. The Hall–Kier alpha value is -0.970. The molecule has 80 valence electrons. The normalized spacial score (nSPS) is 10.9. The quantitative estimate of drug-likeness (QED) is 0.515. The lowest BCUT2D eigenvalue weighted by Gasteiger charge is -2.03. The van der Waals surface area contributed by atoms with E-state index in [0.29, 0.717) is 13.2 Å². The standard InChI is InChI=1S/C9H14O4S/c1-4-12-8(10)6-7(14-3)9(11)13-5-2/h6H,4-5H2,1-3H3/b7-6+. The van der Waals surface area contributed by atoms with Gasteiger partial charge in [-0.2, -0.15) is 0 Å². The first-order valence-corrected chi connectivity index (χ1v) is 5.47. The van der Waals surface area contributed by atoms with Gasteiger partial charge in [0, 0.05) is 6.08 Å². The monoisotopic (exact) mass is 218 g/mol. The van der Waals surface area contributed by atoms with Crippen LogP contribution < -0.4 is 0 Å². The van der Waals surface area contributed by atoms with Crippen LogP contribution >= 0.6 is 11.8 Å². The molecule has 0 fully saturated rings. The number of hydrogen-bond acceptors (Lipinski definition) is 5. The first-order chi connectivity index (χ1) is 6.65. The summed E-state index contributed by atoms with van der Waals surface area (Å²) in [4.78, 5) is 22.5. The second-order valence-corrected chi connectivity index (χ2v) is 3.03.